The Morgan fingerprint density at radius 3 is 2.67 bits per heavy atom. The average molecular weight is 374 g/mol. The molecular formula is C19H22N2O6. The second-order valence-corrected chi connectivity index (χ2v) is 6.50. The van der Waals surface area contributed by atoms with Crippen LogP contribution in [0.4, 0.5) is 0 Å². The average Bonchev–Trinajstić information content (AvgIpc) is 2.90. The topological polar surface area (TPSA) is 102 Å². The third-order valence-electron chi connectivity index (χ3n) is 4.72. The highest BCUT2D eigenvalue weighted by molar-refractivity contribution is 6.24. The summed E-state index contributed by atoms with van der Waals surface area (Å²) in [6.07, 6.45) is 1.53. The second-order valence-electron chi connectivity index (χ2n) is 6.50. The van der Waals surface area contributed by atoms with Crippen molar-refractivity contribution in [2.24, 2.45) is 0 Å². The predicted octanol–water partition coefficient (Wildman–Crippen LogP) is 0.683. The van der Waals surface area contributed by atoms with Crippen molar-refractivity contribution in [3.63, 3.8) is 0 Å². The molecule has 0 radical (unpaired) electrons. The standard InChI is InChI=1S/C19H22N2O6/c1-26-10-11-27-9-3-5-12-4-2-6-13-16(12)19(25)21(18(13)24)14-7-8-15(22)20-17(14)23/h2,4,6,14H,3,5,7-11H2,1H3,(H,20,22,23). The molecule has 1 N–H and O–H groups in total. The van der Waals surface area contributed by atoms with Gasteiger partial charge in [-0.1, -0.05) is 12.1 Å². The Labute approximate surface area is 156 Å². The number of hydrogen-bond donors (Lipinski definition) is 1. The molecule has 0 aromatic heterocycles. The summed E-state index contributed by atoms with van der Waals surface area (Å²) >= 11 is 0. The molecule has 27 heavy (non-hydrogen) atoms. The van der Waals surface area contributed by atoms with E-state index in [0.29, 0.717) is 43.8 Å². The maximum atomic E-state index is 12.9. The lowest BCUT2D eigenvalue weighted by Crippen LogP contribution is -2.54. The molecule has 0 spiro atoms. The number of methoxy groups -OCH3 is 1. The van der Waals surface area contributed by atoms with Crippen molar-refractivity contribution in [3.8, 4) is 0 Å². The molecule has 144 valence electrons. The third-order valence-corrected chi connectivity index (χ3v) is 4.72. The van der Waals surface area contributed by atoms with E-state index in [-0.39, 0.29) is 18.7 Å². The maximum absolute atomic E-state index is 12.9. The lowest BCUT2D eigenvalue weighted by Gasteiger charge is -2.27. The number of aryl methyl sites for hydroxylation is 1. The van der Waals surface area contributed by atoms with Crippen LogP contribution >= 0.6 is 0 Å². The Bertz CT molecular complexity index is 775. The Kier molecular flexibility index (Phi) is 5.98. The number of ether oxygens (including phenoxy) is 2. The van der Waals surface area contributed by atoms with E-state index in [2.05, 4.69) is 5.32 Å². The molecule has 4 amide bonds. The van der Waals surface area contributed by atoms with Gasteiger partial charge in [0.1, 0.15) is 6.04 Å². The van der Waals surface area contributed by atoms with Crippen molar-refractivity contribution < 1.29 is 28.7 Å². The van der Waals surface area contributed by atoms with Crippen LogP contribution in [-0.4, -0.2) is 61.5 Å². The highest BCUT2D eigenvalue weighted by atomic mass is 16.5. The van der Waals surface area contributed by atoms with Crippen molar-refractivity contribution in [3.05, 3.63) is 34.9 Å². The molecule has 1 unspecified atom stereocenters. The number of benzene rings is 1. The summed E-state index contributed by atoms with van der Waals surface area (Å²) in [5, 5.41) is 2.20. The van der Waals surface area contributed by atoms with Gasteiger partial charge in [-0.25, -0.2) is 0 Å². The van der Waals surface area contributed by atoms with Crippen LogP contribution in [0.5, 0.6) is 0 Å². The van der Waals surface area contributed by atoms with E-state index >= 15 is 0 Å². The van der Waals surface area contributed by atoms with Crippen LogP contribution in [0.1, 0.15) is 45.5 Å². The molecule has 1 aromatic rings. The first kappa shape index (κ1) is 19.2. The van der Waals surface area contributed by atoms with E-state index in [0.717, 1.165) is 10.5 Å². The fourth-order valence-electron chi connectivity index (χ4n) is 3.40. The number of fused-ring (bicyclic) bond motifs is 1. The van der Waals surface area contributed by atoms with E-state index in [9.17, 15) is 19.2 Å². The summed E-state index contributed by atoms with van der Waals surface area (Å²) in [7, 11) is 1.60. The molecule has 2 heterocycles. The maximum Gasteiger partial charge on any atom is 0.262 e. The molecule has 1 saturated heterocycles. The lowest BCUT2D eigenvalue weighted by atomic mass is 9.99. The minimum Gasteiger partial charge on any atom is -0.382 e. The number of rotatable bonds is 8. The van der Waals surface area contributed by atoms with Crippen LogP contribution in [0.3, 0.4) is 0 Å². The molecule has 1 aromatic carbocycles. The first-order valence-corrected chi connectivity index (χ1v) is 8.94. The Morgan fingerprint density at radius 2 is 1.93 bits per heavy atom. The van der Waals surface area contributed by atoms with Crippen molar-refractivity contribution in [1.29, 1.82) is 0 Å². The Hall–Kier alpha value is -2.58. The van der Waals surface area contributed by atoms with Gasteiger partial charge in [-0.05, 0) is 30.9 Å². The summed E-state index contributed by atoms with van der Waals surface area (Å²) < 4.78 is 10.3. The van der Waals surface area contributed by atoms with Gasteiger partial charge in [0.25, 0.3) is 11.8 Å². The Balaban J connectivity index is 1.72. The zero-order valence-electron chi connectivity index (χ0n) is 15.2. The molecule has 1 fully saturated rings. The van der Waals surface area contributed by atoms with Crippen LogP contribution < -0.4 is 5.32 Å². The van der Waals surface area contributed by atoms with Crippen LogP contribution in [0.15, 0.2) is 18.2 Å². The first-order valence-electron chi connectivity index (χ1n) is 8.94. The number of nitrogens with one attached hydrogen (secondary N) is 1. The number of nitrogens with zero attached hydrogens (tertiary/aromatic N) is 1. The van der Waals surface area contributed by atoms with Gasteiger partial charge >= 0.3 is 0 Å². The number of piperidine rings is 1. The molecular weight excluding hydrogens is 352 g/mol. The van der Waals surface area contributed by atoms with Gasteiger partial charge in [0.2, 0.25) is 11.8 Å². The summed E-state index contributed by atoms with van der Waals surface area (Å²) in [5.74, 6) is -1.95. The third kappa shape index (κ3) is 3.91. The fraction of sp³-hybridized carbons (Fsp3) is 0.474. The molecule has 3 rings (SSSR count). The van der Waals surface area contributed by atoms with E-state index < -0.39 is 23.8 Å². The minimum atomic E-state index is -0.944. The normalized spacial score (nSPS) is 19.4. The van der Waals surface area contributed by atoms with Gasteiger partial charge in [0.05, 0.1) is 24.3 Å². The van der Waals surface area contributed by atoms with E-state index in [1.807, 2.05) is 6.07 Å². The predicted molar refractivity (Wildman–Crippen MR) is 94.1 cm³/mol. The highest BCUT2D eigenvalue weighted by Gasteiger charge is 2.45. The molecule has 8 heteroatoms. The van der Waals surface area contributed by atoms with Gasteiger partial charge in [0, 0.05) is 20.1 Å². The quantitative estimate of drug-likeness (QED) is 0.530. The van der Waals surface area contributed by atoms with Crippen LogP contribution in [0.2, 0.25) is 0 Å². The summed E-state index contributed by atoms with van der Waals surface area (Å²) in [6, 6.07) is 4.20. The molecule has 8 nitrogen and oxygen atoms in total. The van der Waals surface area contributed by atoms with E-state index in [4.69, 9.17) is 9.47 Å². The number of imide groups is 2. The largest absolute Gasteiger partial charge is 0.382 e. The van der Waals surface area contributed by atoms with Gasteiger partial charge in [-0.15, -0.1) is 0 Å². The molecule has 0 bridgehead atoms. The number of carbonyl (C=O) groups excluding carboxylic acids is 4. The Morgan fingerprint density at radius 1 is 1.11 bits per heavy atom. The molecule has 1 atom stereocenters. The van der Waals surface area contributed by atoms with Gasteiger partial charge in [-0.2, -0.15) is 0 Å². The summed E-state index contributed by atoms with van der Waals surface area (Å²) in [4.78, 5) is 50.1. The highest BCUT2D eigenvalue weighted by Crippen LogP contribution is 2.30. The number of carbonyl (C=O) groups is 4. The molecule has 2 aliphatic rings. The van der Waals surface area contributed by atoms with E-state index in [1.165, 1.54) is 0 Å². The van der Waals surface area contributed by atoms with Crippen molar-refractivity contribution in [1.82, 2.24) is 10.2 Å². The molecule has 0 saturated carbocycles. The van der Waals surface area contributed by atoms with Crippen molar-refractivity contribution >= 4 is 23.6 Å². The van der Waals surface area contributed by atoms with E-state index in [1.54, 1.807) is 19.2 Å². The van der Waals surface area contributed by atoms with Crippen molar-refractivity contribution in [2.45, 2.75) is 31.7 Å². The fourth-order valence-corrected chi connectivity index (χ4v) is 3.40. The van der Waals surface area contributed by atoms with Crippen LogP contribution in [-0.2, 0) is 25.5 Å². The smallest absolute Gasteiger partial charge is 0.262 e. The van der Waals surface area contributed by atoms with Gasteiger partial charge in [-0.3, -0.25) is 29.4 Å². The zero-order chi connectivity index (χ0) is 19.4. The monoisotopic (exact) mass is 374 g/mol. The van der Waals surface area contributed by atoms with Gasteiger partial charge in [0.15, 0.2) is 0 Å². The van der Waals surface area contributed by atoms with Gasteiger partial charge < -0.3 is 9.47 Å². The zero-order valence-corrected chi connectivity index (χ0v) is 15.2. The van der Waals surface area contributed by atoms with Crippen LogP contribution in [0.25, 0.3) is 0 Å². The SMILES string of the molecule is COCCOCCCc1cccc2c1C(=O)N(C1CCC(=O)NC1=O)C2=O. The summed E-state index contributed by atoms with van der Waals surface area (Å²) in [6.45, 7) is 1.55. The minimum absolute atomic E-state index is 0.107. The number of amides is 4. The molecule has 0 aliphatic carbocycles. The second kappa shape index (κ2) is 8.41. The van der Waals surface area contributed by atoms with Crippen LogP contribution in [0, 0.1) is 0 Å². The summed E-state index contributed by atoms with van der Waals surface area (Å²) in [5.41, 5.74) is 1.42. The van der Waals surface area contributed by atoms with Crippen molar-refractivity contribution in [2.75, 3.05) is 26.9 Å². The first-order chi connectivity index (χ1) is 13.0. The number of hydrogen-bond acceptors (Lipinski definition) is 6. The lowest BCUT2D eigenvalue weighted by molar-refractivity contribution is -0.136. The molecule has 2 aliphatic heterocycles.